The molecule has 0 aliphatic heterocycles. The third kappa shape index (κ3) is 2.36. The number of hydrogen-bond acceptors (Lipinski definition) is 2. The average molecular weight is 200 g/mol. The molecule has 1 aromatic rings. The number of carbonyl (C=O) groups excluding carboxylic acids is 1. The minimum Gasteiger partial charge on any atom is -0.508 e. The summed E-state index contributed by atoms with van der Waals surface area (Å²) in [4.78, 5) is 10.7. The minimum absolute atomic E-state index is 0.119. The Morgan fingerprint density at radius 1 is 1.54 bits per heavy atom. The largest absolute Gasteiger partial charge is 0.508 e. The van der Waals surface area contributed by atoms with E-state index < -0.39 is 0 Å². The van der Waals surface area contributed by atoms with Gasteiger partial charge in [0.2, 0.25) is 5.91 Å². The van der Waals surface area contributed by atoms with E-state index in [1.54, 1.807) is 13.0 Å². The van der Waals surface area contributed by atoms with Gasteiger partial charge in [-0.3, -0.25) is 4.79 Å². The molecule has 3 nitrogen and oxygen atoms in total. The van der Waals surface area contributed by atoms with Gasteiger partial charge in [0.15, 0.2) is 0 Å². The lowest BCUT2D eigenvalue weighted by Gasteiger charge is -2.07. The highest BCUT2D eigenvalue weighted by Crippen LogP contribution is 2.29. The van der Waals surface area contributed by atoms with Crippen LogP contribution in [0.3, 0.4) is 0 Å². The molecule has 1 rings (SSSR count). The Kier molecular flexibility index (Phi) is 2.78. The molecular formula is C9H10ClNO2. The first-order valence-corrected chi connectivity index (χ1v) is 4.15. The van der Waals surface area contributed by atoms with Crippen LogP contribution in [0.2, 0.25) is 5.02 Å². The number of hydrogen-bond donors (Lipinski definition) is 2. The lowest BCUT2D eigenvalue weighted by molar-refractivity contribution is -0.114. The van der Waals surface area contributed by atoms with E-state index in [4.69, 9.17) is 11.6 Å². The second kappa shape index (κ2) is 3.66. The van der Waals surface area contributed by atoms with Crippen molar-refractivity contribution in [2.75, 3.05) is 5.32 Å². The third-order valence-corrected chi connectivity index (χ3v) is 1.91. The summed E-state index contributed by atoms with van der Waals surface area (Å²) >= 11 is 5.82. The molecule has 0 fully saturated rings. The van der Waals surface area contributed by atoms with Gasteiger partial charge in [0.1, 0.15) is 5.75 Å². The monoisotopic (exact) mass is 199 g/mol. The summed E-state index contributed by atoms with van der Waals surface area (Å²) < 4.78 is 0. The smallest absolute Gasteiger partial charge is 0.221 e. The Morgan fingerprint density at radius 2 is 2.15 bits per heavy atom. The van der Waals surface area contributed by atoms with Gasteiger partial charge < -0.3 is 10.4 Å². The molecule has 1 amide bonds. The first-order chi connectivity index (χ1) is 6.00. The summed E-state index contributed by atoms with van der Waals surface area (Å²) in [7, 11) is 0. The number of nitrogens with one attached hydrogen (secondary N) is 1. The molecule has 0 spiro atoms. The van der Waals surface area contributed by atoms with Crippen LogP contribution >= 0.6 is 11.6 Å². The van der Waals surface area contributed by atoms with Gasteiger partial charge in [-0.1, -0.05) is 11.6 Å². The van der Waals surface area contributed by atoms with Crippen molar-refractivity contribution < 1.29 is 9.90 Å². The van der Waals surface area contributed by atoms with Crippen molar-refractivity contribution in [3.05, 3.63) is 22.7 Å². The summed E-state index contributed by atoms with van der Waals surface area (Å²) in [6.07, 6.45) is 0. The van der Waals surface area contributed by atoms with Crippen molar-refractivity contribution in [1.29, 1.82) is 0 Å². The number of benzene rings is 1. The van der Waals surface area contributed by atoms with E-state index >= 15 is 0 Å². The number of aryl methyl sites for hydroxylation is 1. The molecule has 0 saturated carbocycles. The van der Waals surface area contributed by atoms with E-state index in [9.17, 15) is 9.90 Å². The van der Waals surface area contributed by atoms with Crippen LogP contribution in [0.25, 0.3) is 0 Å². The first-order valence-electron chi connectivity index (χ1n) is 3.77. The van der Waals surface area contributed by atoms with E-state index in [0.29, 0.717) is 16.3 Å². The summed E-state index contributed by atoms with van der Waals surface area (Å²) in [6, 6.07) is 3.03. The van der Waals surface area contributed by atoms with Gasteiger partial charge in [0.25, 0.3) is 0 Å². The van der Waals surface area contributed by atoms with E-state index in [-0.39, 0.29) is 11.7 Å². The Hall–Kier alpha value is -1.22. The molecule has 0 atom stereocenters. The fourth-order valence-electron chi connectivity index (χ4n) is 0.947. The first kappa shape index (κ1) is 9.86. The second-order valence-electron chi connectivity index (χ2n) is 2.80. The summed E-state index contributed by atoms with van der Waals surface area (Å²) in [6.45, 7) is 3.12. The Morgan fingerprint density at radius 3 is 2.69 bits per heavy atom. The van der Waals surface area contributed by atoms with Gasteiger partial charge in [-0.25, -0.2) is 0 Å². The molecule has 13 heavy (non-hydrogen) atoms. The van der Waals surface area contributed by atoms with Crippen molar-refractivity contribution in [2.45, 2.75) is 13.8 Å². The average Bonchev–Trinajstić information content (AvgIpc) is 1.99. The molecular weight excluding hydrogens is 190 g/mol. The molecule has 0 aliphatic carbocycles. The second-order valence-corrected chi connectivity index (χ2v) is 3.21. The van der Waals surface area contributed by atoms with E-state index in [0.717, 1.165) is 0 Å². The molecule has 0 aliphatic rings. The van der Waals surface area contributed by atoms with Crippen LogP contribution < -0.4 is 5.32 Å². The standard InChI is InChI=1S/C9H10ClNO2/c1-5-3-7(10)8(4-9(5)13)11-6(2)12/h3-4,13H,1-2H3,(H,11,12). The van der Waals surface area contributed by atoms with Crippen molar-refractivity contribution in [3.63, 3.8) is 0 Å². The zero-order chi connectivity index (χ0) is 10.0. The Labute approximate surface area is 81.3 Å². The Bertz CT molecular complexity index is 350. The molecule has 1 aromatic carbocycles. The number of carbonyl (C=O) groups is 1. The van der Waals surface area contributed by atoms with Gasteiger partial charge in [-0.05, 0) is 18.6 Å². The van der Waals surface area contributed by atoms with E-state index in [2.05, 4.69) is 5.32 Å². The van der Waals surface area contributed by atoms with Gasteiger partial charge in [-0.2, -0.15) is 0 Å². The fourth-order valence-corrected chi connectivity index (χ4v) is 1.21. The lowest BCUT2D eigenvalue weighted by atomic mass is 10.2. The normalized spacial score (nSPS) is 9.77. The zero-order valence-electron chi connectivity index (χ0n) is 7.39. The van der Waals surface area contributed by atoms with Gasteiger partial charge >= 0.3 is 0 Å². The number of anilines is 1. The summed E-state index contributed by atoms with van der Waals surface area (Å²) in [5.41, 5.74) is 1.11. The number of halogens is 1. The molecule has 0 radical (unpaired) electrons. The Balaban J connectivity index is 3.08. The lowest BCUT2D eigenvalue weighted by Crippen LogP contribution is -2.06. The van der Waals surface area contributed by atoms with Crippen LogP contribution in [0.5, 0.6) is 5.75 Å². The highest BCUT2D eigenvalue weighted by molar-refractivity contribution is 6.33. The number of phenols is 1. The van der Waals surface area contributed by atoms with Crippen molar-refractivity contribution >= 4 is 23.2 Å². The van der Waals surface area contributed by atoms with E-state index in [1.165, 1.54) is 13.0 Å². The van der Waals surface area contributed by atoms with Gasteiger partial charge in [0, 0.05) is 13.0 Å². The number of aromatic hydroxyl groups is 1. The maximum atomic E-state index is 10.7. The minimum atomic E-state index is -0.217. The van der Waals surface area contributed by atoms with E-state index in [1.807, 2.05) is 0 Å². The van der Waals surface area contributed by atoms with Gasteiger partial charge in [-0.15, -0.1) is 0 Å². The van der Waals surface area contributed by atoms with Crippen LogP contribution in [-0.4, -0.2) is 11.0 Å². The van der Waals surface area contributed by atoms with Crippen LogP contribution in [0.15, 0.2) is 12.1 Å². The highest BCUT2D eigenvalue weighted by atomic mass is 35.5. The molecule has 70 valence electrons. The van der Waals surface area contributed by atoms with Crippen LogP contribution in [0.1, 0.15) is 12.5 Å². The molecule has 0 aromatic heterocycles. The summed E-state index contributed by atoms with van der Waals surface area (Å²) in [5, 5.41) is 12.3. The molecule has 4 heteroatoms. The zero-order valence-corrected chi connectivity index (χ0v) is 8.14. The van der Waals surface area contributed by atoms with Crippen molar-refractivity contribution in [2.24, 2.45) is 0 Å². The highest BCUT2D eigenvalue weighted by Gasteiger charge is 2.05. The quantitative estimate of drug-likeness (QED) is 0.729. The van der Waals surface area contributed by atoms with Crippen LogP contribution in [0, 0.1) is 6.92 Å². The van der Waals surface area contributed by atoms with Gasteiger partial charge in [0.05, 0.1) is 10.7 Å². The SMILES string of the molecule is CC(=O)Nc1cc(O)c(C)cc1Cl. The molecule has 2 N–H and O–H groups in total. The van der Waals surface area contributed by atoms with Crippen molar-refractivity contribution in [1.82, 2.24) is 0 Å². The molecule has 0 bridgehead atoms. The number of phenolic OH excluding ortho intramolecular Hbond substituents is 1. The topological polar surface area (TPSA) is 49.3 Å². The van der Waals surface area contributed by atoms with Crippen LogP contribution in [-0.2, 0) is 4.79 Å². The molecule has 0 unspecified atom stereocenters. The maximum Gasteiger partial charge on any atom is 0.221 e. The summed E-state index contributed by atoms with van der Waals surface area (Å²) in [5.74, 6) is -0.0988. The number of amides is 1. The predicted octanol–water partition coefficient (Wildman–Crippen LogP) is 2.31. The fraction of sp³-hybridized carbons (Fsp3) is 0.222. The third-order valence-electron chi connectivity index (χ3n) is 1.60. The molecule has 0 saturated heterocycles. The van der Waals surface area contributed by atoms with Crippen molar-refractivity contribution in [3.8, 4) is 5.75 Å². The maximum absolute atomic E-state index is 10.7. The number of rotatable bonds is 1. The predicted molar refractivity (Wildman–Crippen MR) is 52.2 cm³/mol. The van der Waals surface area contributed by atoms with Crippen LogP contribution in [0.4, 0.5) is 5.69 Å². The molecule has 0 heterocycles.